The van der Waals surface area contributed by atoms with Gasteiger partial charge in [0.05, 0.1) is 22.9 Å². The summed E-state index contributed by atoms with van der Waals surface area (Å²) in [6, 6.07) is 2.88. The van der Waals surface area contributed by atoms with E-state index in [1.165, 1.54) is 10.9 Å². The van der Waals surface area contributed by atoms with Gasteiger partial charge in [0.25, 0.3) is 5.69 Å². The lowest BCUT2D eigenvalue weighted by molar-refractivity contribution is -0.384. The van der Waals surface area contributed by atoms with Crippen molar-refractivity contribution in [2.75, 3.05) is 5.32 Å². The number of amides is 1. The Hall–Kier alpha value is -2.88. The van der Waals surface area contributed by atoms with Crippen molar-refractivity contribution < 1.29 is 14.1 Å². The van der Waals surface area contributed by atoms with Crippen LogP contribution in [0.15, 0.2) is 24.4 Å². The van der Waals surface area contributed by atoms with Gasteiger partial charge in [0.15, 0.2) is 0 Å². The number of nitro groups is 1. The molecule has 1 heterocycles. The molecule has 0 bridgehead atoms. The summed E-state index contributed by atoms with van der Waals surface area (Å²) in [7, 11) is 0. The summed E-state index contributed by atoms with van der Waals surface area (Å²) >= 11 is 0. The molecule has 3 N–H and O–H groups in total. The molecule has 1 aromatic carbocycles. The molecule has 10 heteroatoms. The van der Waals surface area contributed by atoms with Crippen LogP contribution in [-0.2, 0) is 17.9 Å². The van der Waals surface area contributed by atoms with Gasteiger partial charge >= 0.3 is 0 Å². The molecule has 0 fully saturated rings. The lowest BCUT2D eigenvalue weighted by Crippen LogP contribution is -2.19. The Morgan fingerprint density at radius 3 is 2.90 bits per heavy atom. The number of hydrogen-bond acceptors (Lipinski definition) is 6. The van der Waals surface area contributed by atoms with Gasteiger partial charge in [0.2, 0.25) is 5.91 Å². The molecule has 0 aliphatic rings. The first-order valence-corrected chi connectivity index (χ1v) is 5.82. The molecule has 2 rings (SSSR count). The molecule has 0 saturated heterocycles. The fourth-order valence-corrected chi connectivity index (χ4v) is 1.61. The van der Waals surface area contributed by atoms with Gasteiger partial charge in [-0.3, -0.25) is 14.9 Å². The Morgan fingerprint density at radius 2 is 2.29 bits per heavy atom. The fraction of sp³-hybridized carbons (Fsp3) is 0.182. The van der Waals surface area contributed by atoms with E-state index in [0.717, 1.165) is 18.2 Å². The van der Waals surface area contributed by atoms with E-state index in [1.807, 2.05) is 0 Å². The van der Waals surface area contributed by atoms with Gasteiger partial charge in [-0.25, -0.2) is 9.07 Å². The van der Waals surface area contributed by atoms with Crippen LogP contribution in [0.25, 0.3) is 0 Å². The molecule has 0 atom stereocenters. The van der Waals surface area contributed by atoms with Crippen LogP contribution in [-0.4, -0.2) is 25.8 Å². The number of carbonyl (C=O) groups excluding carboxylic acids is 1. The summed E-state index contributed by atoms with van der Waals surface area (Å²) in [5.41, 5.74) is 5.25. The molecule has 0 spiro atoms. The Morgan fingerprint density at radius 1 is 1.52 bits per heavy atom. The second-order valence-electron chi connectivity index (χ2n) is 4.08. The highest BCUT2D eigenvalue weighted by Gasteiger charge is 2.17. The van der Waals surface area contributed by atoms with E-state index in [1.54, 1.807) is 0 Å². The smallest absolute Gasteiger partial charge is 0.295 e. The maximum absolute atomic E-state index is 13.0. The van der Waals surface area contributed by atoms with Crippen LogP contribution in [0.3, 0.4) is 0 Å². The van der Waals surface area contributed by atoms with Crippen molar-refractivity contribution in [1.82, 2.24) is 15.0 Å². The molecule has 0 saturated carbocycles. The zero-order valence-corrected chi connectivity index (χ0v) is 10.7. The number of halogens is 1. The third-order valence-electron chi connectivity index (χ3n) is 2.53. The summed E-state index contributed by atoms with van der Waals surface area (Å²) < 4.78 is 14.2. The molecule has 2 aromatic rings. The van der Waals surface area contributed by atoms with E-state index < -0.39 is 22.3 Å². The van der Waals surface area contributed by atoms with Crippen molar-refractivity contribution in [3.8, 4) is 0 Å². The van der Waals surface area contributed by atoms with Crippen LogP contribution < -0.4 is 11.1 Å². The molecule has 0 aliphatic heterocycles. The van der Waals surface area contributed by atoms with E-state index >= 15 is 0 Å². The predicted molar refractivity (Wildman–Crippen MR) is 69.6 cm³/mol. The van der Waals surface area contributed by atoms with Gasteiger partial charge in [0.1, 0.15) is 18.0 Å². The van der Waals surface area contributed by atoms with Crippen LogP contribution in [0.5, 0.6) is 0 Å². The van der Waals surface area contributed by atoms with Crippen LogP contribution >= 0.6 is 0 Å². The van der Waals surface area contributed by atoms with Gasteiger partial charge in [0, 0.05) is 6.54 Å². The number of nitrogens with two attached hydrogens (primary N) is 1. The standard InChI is InChI=1S/C11H11FN6O3/c12-7-1-2-9(10(3-7)18(20)21)14-11(19)6-17-5-8(4-13)15-16-17/h1-3,5H,4,6,13H2,(H,14,19). The number of aromatic nitrogens is 3. The first-order valence-electron chi connectivity index (χ1n) is 5.82. The summed E-state index contributed by atoms with van der Waals surface area (Å²) in [4.78, 5) is 21.8. The third-order valence-corrected chi connectivity index (χ3v) is 2.53. The molecular formula is C11H11FN6O3. The van der Waals surface area contributed by atoms with Crippen molar-refractivity contribution in [1.29, 1.82) is 0 Å². The molecule has 0 aliphatic carbocycles. The average Bonchev–Trinajstić information content (AvgIpc) is 2.88. The van der Waals surface area contributed by atoms with Crippen molar-refractivity contribution in [2.24, 2.45) is 5.73 Å². The first-order chi connectivity index (χ1) is 9.99. The van der Waals surface area contributed by atoms with E-state index in [4.69, 9.17) is 5.73 Å². The number of nitrogens with zero attached hydrogens (tertiary/aromatic N) is 4. The number of nitro benzene ring substituents is 1. The molecule has 110 valence electrons. The maximum Gasteiger partial charge on any atom is 0.295 e. The number of nitrogens with one attached hydrogen (secondary N) is 1. The summed E-state index contributed by atoms with van der Waals surface area (Å²) in [5, 5.41) is 20.5. The quantitative estimate of drug-likeness (QED) is 0.607. The SMILES string of the molecule is NCc1cn(CC(=O)Nc2ccc(F)cc2[N+](=O)[O-])nn1. The topological polar surface area (TPSA) is 129 Å². The van der Waals surface area contributed by atoms with E-state index in [-0.39, 0.29) is 18.8 Å². The van der Waals surface area contributed by atoms with Crippen molar-refractivity contribution in [2.45, 2.75) is 13.1 Å². The van der Waals surface area contributed by atoms with Gasteiger partial charge in [-0.15, -0.1) is 5.10 Å². The zero-order chi connectivity index (χ0) is 15.4. The molecule has 1 aromatic heterocycles. The highest BCUT2D eigenvalue weighted by molar-refractivity contribution is 5.92. The number of hydrogen-bond donors (Lipinski definition) is 2. The van der Waals surface area contributed by atoms with Gasteiger partial charge in [-0.1, -0.05) is 5.21 Å². The maximum atomic E-state index is 13.0. The summed E-state index contributed by atoms with van der Waals surface area (Å²) in [6.45, 7) is -0.00736. The monoisotopic (exact) mass is 294 g/mol. The second kappa shape index (κ2) is 6.05. The number of benzene rings is 1. The highest BCUT2D eigenvalue weighted by Crippen LogP contribution is 2.24. The van der Waals surface area contributed by atoms with Crippen molar-refractivity contribution in [3.63, 3.8) is 0 Å². The Balaban J connectivity index is 2.10. The largest absolute Gasteiger partial charge is 0.325 e. The minimum Gasteiger partial charge on any atom is -0.325 e. The fourth-order valence-electron chi connectivity index (χ4n) is 1.61. The Bertz CT molecular complexity index is 686. The first kappa shape index (κ1) is 14.5. The van der Waals surface area contributed by atoms with Crippen LogP contribution in [0.4, 0.5) is 15.8 Å². The minimum atomic E-state index is -0.777. The highest BCUT2D eigenvalue weighted by atomic mass is 19.1. The molecular weight excluding hydrogens is 283 g/mol. The Kier molecular flexibility index (Phi) is 4.18. The van der Waals surface area contributed by atoms with Crippen LogP contribution in [0, 0.1) is 15.9 Å². The van der Waals surface area contributed by atoms with Gasteiger partial charge < -0.3 is 11.1 Å². The molecule has 0 radical (unpaired) electrons. The van der Waals surface area contributed by atoms with Gasteiger partial charge in [-0.05, 0) is 12.1 Å². The average molecular weight is 294 g/mol. The lowest BCUT2D eigenvalue weighted by atomic mass is 10.2. The molecule has 21 heavy (non-hydrogen) atoms. The Labute approximate surface area is 117 Å². The number of anilines is 1. The van der Waals surface area contributed by atoms with Crippen molar-refractivity contribution >= 4 is 17.3 Å². The predicted octanol–water partition coefficient (Wildman–Crippen LogP) is 0.423. The van der Waals surface area contributed by atoms with Crippen molar-refractivity contribution in [3.05, 3.63) is 46.0 Å². The summed E-state index contributed by atoms with van der Waals surface area (Å²) in [5.74, 6) is -1.32. The van der Waals surface area contributed by atoms with Crippen LogP contribution in [0.1, 0.15) is 5.69 Å². The van der Waals surface area contributed by atoms with Gasteiger partial charge in [-0.2, -0.15) is 0 Å². The molecule has 9 nitrogen and oxygen atoms in total. The lowest BCUT2D eigenvalue weighted by Gasteiger charge is -2.05. The number of rotatable bonds is 5. The normalized spacial score (nSPS) is 10.4. The van der Waals surface area contributed by atoms with E-state index in [0.29, 0.717) is 5.69 Å². The number of carbonyl (C=O) groups is 1. The third kappa shape index (κ3) is 3.57. The second-order valence-corrected chi connectivity index (χ2v) is 4.08. The minimum absolute atomic E-state index is 0.0921. The van der Waals surface area contributed by atoms with E-state index in [2.05, 4.69) is 15.6 Å². The molecule has 1 amide bonds. The summed E-state index contributed by atoms with van der Waals surface area (Å²) in [6.07, 6.45) is 1.48. The van der Waals surface area contributed by atoms with E-state index in [9.17, 15) is 19.3 Å². The zero-order valence-electron chi connectivity index (χ0n) is 10.7. The van der Waals surface area contributed by atoms with Crippen LogP contribution in [0.2, 0.25) is 0 Å². The molecule has 0 unspecified atom stereocenters.